The minimum atomic E-state index is -5.20. The lowest BCUT2D eigenvalue weighted by Crippen LogP contribution is -2.39. The second-order valence-corrected chi connectivity index (χ2v) is 6.97. The first-order valence-corrected chi connectivity index (χ1v) is 9.55. The van der Waals surface area contributed by atoms with E-state index in [1.54, 1.807) is 13.8 Å². The van der Waals surface area contributed by atoms with Crippen LogP contribution in [0.2, 0.25) is 0 Å². The fourth-order valence-corrected chi connectivity index (χ4v) is 3.42. The van der Waals surface area contributed by atoms with Gasteiger partial charge in [-0.15, -0.1) is 0 Å². The van der Waals surface area contributed by atoms with Gasteiger partial charge in [0.25, 0.3) is 5.91 Å². The largest absolute Gasteiger partial charge is 0.417 e. The Bertz CT molecular complexity index is 1180. The van der Waals surface area contributed by atoms with Crippen LogP contribution >= 0.6 is 0 Å². The Balaban J connectivity index is 2.00. The highest BCUT2D eigenvalue weighted by atomic mass is 19.4. The minimum Gasteiger partial charge on any atom is -0.366 e. The maximum atomic E-state index is 13.4. The molecule has 3 rings (SSSR count). The van der Waals surface area contributed by atoms with E-state index in [2.05, 4.69) is 20.3 Å². The first kappa shape index (κ1) is 24.0. The van der Waals surface area contributed by atoms with Crippen LogP contribution in [-0.4, -0.2) is 33.6 Å². The topological polar surface area (TPSA) is 97.0 Å². The molecular weight excluding hydrogens is 454 g/mol. The van der Waals surface area contributed by atoms with E-state index in [1.165, 1.54) is 17.2 Å². The Hall–Kier alpha value is -3.64. The van der Waals surface area contributed by atoms with Crippen LogP contribution in [0.1, 0.15) is 35.3 Å². The molecule has 0 aliphatic heterocycles. The summed E-state index contributed by atoms with van der Waals surface area (Å²) in [7, 11) is 0. The molecule has 3 aromatic rings. The zero-order chi connectivity index (χ0) is 24.6. The van der Waals surface area contributed by atoms with Crippen molar-refractivity contribution >= 4 is 28.4 Å². The molecule has 1 amide bonds. The highest BCUT2D eigenvalue weighted by Gasteiger charge is 2.43. The highest BCUT2D eigenvalue weighted by molar-refractivity contribution is 6.05. The Morgan fingerprint density at radius 3 is 2.27 bits per heavy atom. The van der Waals surface area contributed by atoms with Gasteiger partial charge in [-0.2, -0.15) is 26.3 Å². The number of nitrogens with two attached hydrogens (primary N) is 1. The van der Waals surface area contributed by atoms with E-state index < -0.39 is 35.6 Å². The molecule has 0 aliphatic carbocycles. The van der Waals surface area contributed by atoms with Crippen LogP contribution in [0.4, 0.5) is 37.8 Å². The number of anilines is 2. The van der Waals surface area contributed by atoms with Gasteiger partial charge in [-0.05, 0) is 38.1 Å². The molecule has 33 heavy (non-hydrogen) atoms. The van der Waals surface area contributed by atoms with Gasteiger partial charge in [0.05, 0.1) is 22.9 Å². The molecule has 176 valence electrons. The highest BCUT2D eigenvalue weighted by Crippen LogP contribution is 2.42. The zero-order valence-corrected chi connectivity index (χ0v) is 17.3. The summed E-state index contributed by atoms with van der Waals surface area (Å²) in [5, 5.41) is 2.96. The molecule has 0 unspecified atom stereocenters. The number of nitrogens with zero attached hydrogens (tertiary/aromatic N) is 4. The molecular formula is C20H18F6N6O. The van der Waals surface area contributed by atoms with Crippen LogP contribution in [0.5, 0.6) is 0 Å². The number of hydrogen-bond acceptors (Lipinski definition) is 6. The van der Waals surface area contributed by atoms with Crippen LogP contribution in [0, 0.1) is 0 Å². The molecule has 3 N–H and O–H groups in total. The van der Waals surface area contributed by atoms with Crippen LogP contribution < -0.4 is 16.0 Å². The van der Waals surface area contributed by atoms with Crippen molar-refractivity contribution in [1.82, 2.24) is 15.0 Å². The van der Waals surface area contributed by atoms with Gasteiger partial charge in [0, 0.05) is 18.4 Å². The summed E-state index contributed by atoms with van der Waals surface area (Å²) in [6, 6.07) is 3.23. The van der Waals surface area contributed by atoms with Gasteiger partial charge in [-0.3, -0.25) is 9.78 Å². The molecule has 0 bridgehead atoms. The normalized spacial score (nSPS) is 13.1. The average Bonchev–Trinajstić information content (AvgIpc) is 2.72. The van der Waals surface area contributed by atoms with Crippen molar-refractivity contribution in [2.24, 2.45) is 5.73 Å². The summed E-state index contributed by atoms with van der Waals surface area (Å²) in [4.78, 5) is 25.3. The molecule has 7 nitrogen and oxygen atoms in total. The lowest BCUT2D eigenvalue weighted by atomic mass is 10.0. The third kappa shape index (κ3) is 4.91. The zero-order valence-electron chi connectivity index (χ0n) is 17.3. The van der Waals surface area contributed by atoms with Crippen molar-refractivity contribution in [3.63, 3.8) is 0 Å². The summed E-state index contributed by atoms with van der Waals surface area (Å²) < 4.78 is 79.4. The second kappa shape index (κ2) is 8.71. The van der Waals surface area contributed by atoms with Crippen molar-refractivity contribution in [3.05, 3.63) is 53.5 Å². The van der Waals surface area contributed by atoms with Gasteiger partial charge < -0.3 is 16.0 Å². The average molecular weight is 472 g/mol. The number of nitrogens with one attached hydrogen (secondary N) is 1. The van der Waals surface area contributed by atoms with Crippen molar-refractivity contribution in [2.45, 2.75) is 32.4 Å². The molecule has 13 heteroatoms. The van der Waals surface area contributed by atoms with Gasteiger partial charge in [-0.25, -0.2) is 9.97 Å². The minimum absolute atomic E-state index is 0.0815. The fourth-order valence-electron chi connectivity index (χ4n) is 3.42. The number of carbonyl (C=O) groups excluding carboxylic acids is 1. The van der Waals surface area contributed by atoms with E-state index in [0.717, 1.165) is 12.4 Å². The molecule has 0 radical (unpaired) electrons. The van der Waals surface area contributed by atoms with E-state index in [4.69, 9.17) is 5.73 Å². The summed E-state index contributed by atoms with van der Waals surface area (Å²) in [5.74, 6) is -0.572. The predicted octanol–water partition coefficient (Wildman–Crippen LogP) is 4.45. The number of halogens is 6. The predicted molar refractivity (Wildman–Crippen MR) is 108 cm³/mol. The van der Waals surface area contributed by atoms with Gasteiger partial charge in [0.1, 0.15) is 17.4 Å². The van der Waals surface area contributed by atoms with E-state index in [9.17, 15) is 31.1 Å². The van der Waals surface area contributed by atoms with Crippen LogP contribution in [0.15, 0.2) is 36.8 Å². The van der Waals surface area contributed by atoms with Gasteiger partial charge in [0.15, 0.2) is 5.82 Å². The van der Waals surface area contributed by atoms with Crippen molar-refractivity contribution in [3.8, 4) is 0 Å². The third-order valence-corrected chi connectivity index (χ3v) is 4.89. The van der Waals surface area contributed by atoms with Gasteiger partial charge in [0.2, 0.25) is 0 Å². The lowest BCUT2D eigenvalue weighted by Gasteiger charge is -2.32. The second-order valence-electron chi connectivity index (χ2n) is 6.97. The lowest BCUT2D eigenvalue weighted by molar-refractivity contribution is -0.162. The first-order chi connectivity index (χ1) is 15.3. The van der Waals surface area contributed by atoms with Crippen molar-refractivity contribution in [2.75, 3.05) is 16.8 Å². The molecule has 0 aliphatic rings. The standard InChI is InChI=1S/C20H18F6N6O/c1-3-32(11-4-5-13(19(21,22)23)14(8-11)20(24,25)26)10(2)31-18-16-15(29-9-30-18)12(17(27)33)6-7-28-16/h4-10H,3H2,1-2H3,(H2,27,33)(H,29,30,31)/t10-/m0/s1. The number of fused-ring (bicyclic) bond motifs is 1. The van der Waals surface area contributed by atoms with Crippen molar-refractivity contribution < 1.29 is 31.1 Å². The smallest absolute Gasteiger partial charge is 0.366 e. The molecule has 0 spiro atoms. The molecule has 2 aromatic heterocycles. The van der Waals surface area contributed by atoms with Gasteiger partial charge >= 0.3 is 12.4 Å². The van der Waals surface area contributed by atoms with E-state index >= 15 is 0 Å². The van der Waals surface area contributed by atoms with E-state index in [1.807, 2.05) is 0 Å². The third-order valence-electron chi connectivity index (χ3n) is 4.89. The number of benzene rings is 1. The molecule has 1 aromatic carbocycles. The molecule has 0 saturated heterocycles. The molecule has 0 saturated carbocycles. The maximum absolute atomic E-state index is 13.4. The Kier molecular flexibility index (Phi) is 6.34. The number of rotatable bonds is 6. The number of hydrogen-bond donors (Lipinski definition) is 2. The number of amides is 1. The summed E-state index contributed by atoms with van der Waals surface area (Å²) >= 11 is 0. The monoisotopic (exact) mass is 472 g/mol. The van der Waals surface area contributed by atoms with Crippen LogP contribution in [0.25, 0.3) is 11.0 Å². The molecule has 1 atom stereocenters. The molecule has 2 heterocycles. The van der Waals surface area contributed by atoms with E-state index in [-0.39, 0.29) is 34.6 Å². The summed E-state index contributed by atoms with van der Waals surface area (Å²) in [6.07, 6.45) is -8.61. The number of primary amides is 1. The summed E-state index contributed by atoms with van der Waals surface area (Å²) in [6.45, 7) is 3.37. The number of alkyl halides is 6. The Morgan fingerprint density at radius 2 is 1.70 bits per heavy atom. The number of aromatic nitrogens is 3. The van der Waals surface area contributed by atoms with Crippen LogP contribution in [0.3, 0.4) is 0 Å². The van der Waals surface area contributed by atoms with Crippen LogP contribution in [-0.2, 0) is 12.4 Å². The first-order valence-electron chi connectivity index (χ1n) is 9.55. The Labute approximate surface area is 183 Å². The van der Waals surface area contributed by atoms with Gasteiger partial charge in [-0.1, -0.05) is 0 Å². The maximum Gasteiger partial charge on any atom is 0.417 e. The van der Waals surface area contributed by atoms with E-state index in [0.29, 0.717) is 12.1 Å². The summed E-state index contributed by atoms with van der Waals surface area (Å²) in [5.41, 5.74) is 2.18. The number of pyridine rings is 1. The number of carbonyl (C=O) groups is 1. The Morgan fingerprint density at radius 1 is 1.03 bits per heavy atom. The SMILES string of the molecule is CCN(c1ccc(C(F)(F)F)c(C(F)(F)F)c1)[C@@H](C)Nc1ncnc2c(C(N)=O)ccnc12. The fraction of sp³-hybridized carbons (Fsp3) is 0.300. The van der Waals surface area contributed by atoms with Crippen molar-refractivity contribution in [1.29, 1.82) is 0 Å². The molecule has 0 fully saturated rings. The quantitative estimate of drug-likeness (QED) is 0.407.